The van der Waals surface area contributed by atoms with Gasteiger partial charge in [0.15, 0.2) is 0 Å². The Kier molecular flexibility index (Phi) is 4.99. The molecule has 24 heavy (non-hydrogen) atoms. The second-order valence-electron chi connectivity index (χ2n) is 6.24. The van der Waals surface area contributed by atoms with Crippen molar-refractivity contribution < 1.29 is 13.2 Å². The van der Waals surface area contributed by atoms with E-state index in [0.29, 0.717) is 24.6 Å². The van der Waals surface area contributed by atoms with Crippen LogP contribution in [0.5, 0.6) is 0 Å². The van der Waals surface area contributed by atoms with Crippen molar-refractivity contribution in [2.45, 2.75) is 17.7 Å². The number of pyridine rings is 1. The predicted octanol–water partition coefficient (Wildman–Crippen LogP) is 2.44. The van der Waals surface area contributed by atoms with Crippen LogP contribution >= 0.6 is 0 Å². The molecule has 1 aromatic heterocycles. The normalized spacial score (nSPS) is 21.9. The summed E-state index contributed by atoms with van der Waals surface area (Å²) in [6.45, 7) is 3.37. The van der Waals surface area contributed by atoms with E-state index in [1.54, 1.807) is 42.0 Å². The van der Waals surface area contributed by atoms with Crippen LogP contribution in [0.4, 0.5) is 0 Å². The first-order valence-corrected chi connectivity index (χ1v) is 9.42. The number of nitrogens with zero attached hydrogens (tertiary/aromatic N) is 2. The highest BCUT2D eigenvalue weighted by Crippen LogP contribution is 2.35. The maximum Gasteiger partial charge on any atom is 0.243 e. The monoisotopic (exact) mass is 346 g/mol. The van der Waals surface area contributed by atoms with E-state index in [1.807, 2.05) is 25.1 Å². The van der Waals surface area contributed by atoms with Gasteiger partial charge in [-0.05, 0) is 42.3 Å². The van der Waals surface area contributed by atoms with Crippen molar-refractivity contribution >= 4 is 10.0 Å². The van der Waals surface area contributed by atoms with Crippen LogP contribution in [-0.4, -0.2) is 44.5 Å². The van der Waals surface area contributed by atoms with E-state index in [0.717, 1.165) is 11.1 Å². The lowest BCUT2D eigenvalue weighted by Crippen LogP contribution is -2.29. The Labute approximate surface area is 143 Å². The SMILES string of the molecule is COC[C@@H]1CN(S(=O)(=O)c2cccc(C)c2)C[C@H]1c1ccncc1. The summed E-state index contributed by atoms with van der Waals surface area (Å²) < 4.78 is 32.9. The van der Waals surface area contributed by atoms with Crippen LogP contribution in [0.25, 0.3) is 0 Å². The zero-order valence-corrected chi connectivity index (χ0v) is 14.7. The molecule has 5 nitrogen and oxygen atoms in total. The third-order valence-corrected chi connectivity index (χ3v) is 6.38. The number of ether oxygens (including phenoxy) is 1. The zero-order chi connectivity index (χ0) is 17.2. The number of hydrogen-bond acceptors (Lipinski definition) is 4. The average molecular weight is 346 g/mol. The molecular formula is C18H22N2O3S. The third kappa shape index (κ3) is 3.36. The third-order valence-electron chi connectivity index (χ3n) is 4.55. The fraction of sp³-hybridized carbons (Fsp3) is 0.389. The number of aryl methyl sites for hydroxylation is 1. The summed E-state index contributed by atoms with van der Waals surface area (Å²) in [5.41, 5.74) is 2.04. The number of hydrogen-bond donors (Lipinski definition) is 0. The first-order chi connectivity index (χ1) is 11.5. The van der Waals surface area contributed by atoms with Gasteiger partial charge >= 0.3 is 0 Å². The highest BCUT2D eigenvalue weighted by atomic mass is 32.2. The van der Waals surface area contributed by atoms with E-state index >= 15 is 0 Å². The van der Waals surface area contributed by atoms with E-state index in [2.05, 4.69) is 4.98 Å². The molecule has 2 atom stereocenters. The molecule has 2 heterocycles. The highest BCUT2D eigenvalue weighted by molar-refractivity contribution is 7.89. The van der Waals surface area contributed by atoms with Crippen LogP contribution in [0.1, 0.15) is 17.0 Å². The van der Waals surface area contributed by atoms with Gasteiger partial charge in [-0.2, -0.15) is 4.31 Å². The van der Waals surface area contributed by atoms with Gasteiger partial charge in [0.1, 0.15) is 0 Å². The molecule has 128 valence electrons. The summed E-state index contributed by atoms with van der Waals surface area (Å²) in [7, 11) is -1.84. The molecule has 2 aromatic rings. The summed E-state index contributed by atoms with van der Waals surface area (Å²) in [5, 5.41) is 0. The molecule has 1 aliphatic rings. The summed E-state index contributed by atoms with van der Waals surface area (Å²) in [4.78, 5) is 4.41. The van der Waals surface area contributed by atoms with Crippen molar-refractivity contribution in [3.05, 3.63) is 59.9 Å². The number of sulfonamides is 1. The minimum atomic E-state index is -3.49. The highest BCUT2D eigenvalue weighted by Gasteiger charge is 2.39. The molecule has 0 aliphatic carbocycles. The molecule has 0 spiro atoms. The second kappa shape index (κ2) is 7.01. The van der Waals surface area contributed by atoms with Crippen LogP contribution in [0.15, 0.2) is 53.7 Å². The Morgan fingerprint density at radius 2 is 1.96 bits per heavy atom. The van der Waals surface area contributed by atoms with Crippen molar-refractivity contribution in [3.63, 3.8) is 0 Å². The van der Waals surface area contributed by atoms with Crippen molar-refractivity contribution in [1.29, 1.82) is 0 Å². The summed E-state index contributed by atoms with van der Waals surface area (Å²) >= 11 is 0. The molecule has 6 heteroatoms. The largest absolute Gasteiger partial charge is 0.384 e. The van der Waals surface area contributed by atoms with E-state index in [-0.39, 0.29) is 11.8 Å². The second-order valence-corrected chi connectivity index (χ2v) is 8.18. The van der Waals surface area contributed by atoms with Crippen molar-refractivity contribution in [2.75, 3.05) is 26.8 Å². The molecule has 0 amide bonds. The topological polar surface area (TPSA) is 59.5 Å². The fourth-order valence-corrected chi connectivity index (χ4v) is 4.95. The van der Waals surface area contributed by atoms with E-state index in [1.165, 1.54) is 0 Å². The van der Waals surface area contributed by atoms with Crippen LogP contribution < -0.4 is 0 Å². The molecule has 0 saturated carbocycles. The smallest absolute Gasteiger partial charge is 0.243 e. The van der Waals surface area contributed by atoms with Gasteiger partial charge in [-0.3, -0.25) is 4.98 Å². The van der Waals surface area contributed by atoms with Crippen molar-refractivity contribution in [2.24, 2.45) is 5.92 Å². The standard InChI is InChI=1S/C18H22N2O3S/c1-14-4-3-5-17(10-14)24(21,22)20-11-16(13-23-2)18(12-20)15-6-8-19-9-7-15/h3-10,16,18H,11-13H2,1-2H3/t16-,18-/m0/s1. The van der Waals surface area contributed by atoms with E-state index in [9.17, 15) is 8.42 Å². The predicted molar refractivity (Wildman–Crippen MR) is 92.3 cm³/mol. The lowest BCUT2D eigenvalue weighted by molar-refractivity contribution is 0.151. The lowest BCUT2D eigenvalue weighted by Gasteiger charge is -2.17. The van der Waals surface area contributed by atoms with Crippen LogP contribution in [0.3, 0.4) is 0 Å². The Hall–Kier alpha value is -1.76. The van der Waals surface area contributed by atoms with Gasteiger partial charge in [0.05, 0.1) is 11.5 Å². The van der Waals surface area contributed by atoms with Gasteiger partial charge in [-0.25, -0.2) is 8.42 Å². The number of benzene rings is 1. The molecule has 1 aliphatic heterocycles. The Morgan fingerprint density at radius 3 is 2.62 bits per heavy atom. The quantitative estimate of drug-likeness (QED) is 0.834. The van der Waals surface area contributed by atoms with Gasteiger partial charge in [-0.1, -0.05) is 12.1 Å². The molecule has 0 N–H and O–H groups in total. The Bertz CT molecular complexity index is 793. The van der Waals surface area contributed by atoms with Gasteiger partial charge in [-0.15, -0.1) is 0 Å². The molecule has 0 bridgehead atoms. The maximum atomic E-state index is 13.0. The molecule has 1 aromatic carbocycles. The Morgan fingerprint density at radius 1 is 1.21 bits per heavy atom. The molecule has 0 radical (unpaired) electrons. The number of methoxy groups -OCH3 is 1. The van der Waals surface area contributed by atoms with Gasteiger partial charge in [0.25, 0.3) is 0 Å². The number of aromatic nitrogens is 1. The van der Waals surface area contributed by atoms with Crippen LogP contribution in [0.2, 0.25) is 0 Å². The molecular weight excluding hydrogens is 324 g/mol. The summed E-state index contributed by atoms with van der Waals surface area (Å²) in [6, 6.07) is 11.0. The first-order valence-electron chi connectivity index (χ1n) is 7.98. The molecule has 1 fully saturated rings. The first kappa shape index (κ1) is 17.1. The van der Waals surface area contributed by atoms with Crippen LogP contribution in [-0.2, 0) is 14.8 Å². The molecule has 0 unspecified atom stereocenters. The van der Waals surface area contributed by atoms with E-state index in [4.69, 9.17) is 4.74 Å². The Balaban J connectivity index is 1.90. The average Bonchev–Trinajstić information content (AvgIpc) is 3.01. The maximum absolute atomic E-state index is 13.0. The van der Waals surface area contributed by atoms with Gasteiger partial charge in [0, 0.05) is 44.4 Å². The van der Waals surface area contributed by atoms with Crippen molar-refractivity contribution in [1.82, 2.24) is 9.29 Å². The summed E-state index contributed by atoms with van der Waals surface area (Å²) in [6.07, 6.45) is 3.49. The van der Waals surface area contributed by atoms with Crippen LogP contribution in [0, 0.1) is 12.8 Å². The molecule has 3 rings (SSSR count). The minimum Gasteiger partial charge on any atom is -0.384 e. The van der Waals surface area contributed by atoms with Gasteiger partial charge in [0.2, 0.25) is 10.0 Å². The lowest BCUT2D eigenvalue weighted by atomic mass is 9.90. The summed E-state index contributed by atoms with van der Waals surface area (Å²) in [5.74, 6) is 0.254. The minimum absolute atomic E-state index is 0.118. The van der Waals surface area contributed by atoms with Gasteiger partial charge < -0.3 is 4.74 Å². The number of rotatable bonds is 5. The fourth-order valence-electron chi connectivity index (χ4n) is 3.32. The van der Waals surface area contributed by atoms with E-state index < -0.39 is 10.0 Å². The zero-order valence-electron chi connectivity index (χ0n) is 13.9. The van der Waals surface area contributed by atoms with Crippen molar-refractivity contribution in [3.8, 4) is 0 Å². The molecule has 1 saturated heterocycles.